The Labute approximate surface area is 117 Å². The topological polar surface area (TPSA) is 58.7 Å². The van der Waals surface area contributed by atoms with Gasteiger partial charge in [0.1, 0.15) is 16.6 Å². The van der Waals surface area contributed by atoms with Crippen molar-refractivity contribution in [3.8, 4) is 6.07 Å². The largest absolute Gasteiger partial charge is 0.294 e. The Kier molecular flexibility index (Phi) is 3.05. The zero-order valence-corrected chi connectivity index (χ0v) is 11.0. The Hall–Kier alpha value is -2.52. The Balaban J connectivity index is 2.03. The van der Waals surface area contributed by atoms with Crippen LogP contribution in [-0.4, -0.2) is 9.55 Å². The van der Waals surface area contributed by atoms with E-state index in [4.69, 9.17) is 5.26 Å². The number of fused-ring (bicyclic) bond motifs is 1. The molecule has 0 bridgehead atoms. The zero-order valence-electron chi connectivity index (χ0n) is 10.2. The van der Waals surface area contributed by atoms with E-state index in [0.717, 1.165) is 0 Å². The molecule has 0 fully saturated rings. The molecule has 0 atom stereocenters. The van der Waals surface area contributed by atoms with Crippen LogP contribution in [0.15, 0.2) is 40.8 Å². The fraction of sp³-hybridized carbons (Fsp3) is 0.0714. The van der Waals surface area contributed by atoms with Gasteiger partial charge in [0, 0.05) is 0 Å². The molecule has 1 aromatic carbocycles. The van der Waals surface area contributed by atoms with Gasteiger partial charge in [0.05, 0.1) is 24.0 Å². The van der Waals surface area contributed by atoms with Crippen LogP contribution in [0.1, 0.15) is 11.1 Å². The molecule has 0 aliphatic carbocycles. The van der Waals surface area contributed by atoms with E-state index in [1.165, 1.54) is 34.4 Å². The van der Waals surface area contributed by atoms with Gasteiger partial charge >= 0.3 is 0 Å². The number of aromatic nitrogens is 2. The Morgan fingerprint density at radius 3 is 3.05 bits per heavy atom. The maximum atomic E-state index is 13.3. The first-order valence-corrected chi connectivity index (χ1v) is 6.68. The van der Waals surface area contributed by atoms with Gasteiger partial charge in [-0.1, -0.05) is 6.07 Å². The summed E-state index contributed by atoms with van der Waals surface area (Å²) in [6, 6.07) is 7.81. The first-order valence-electron chi connectivity index (χ1n) is 5.80. The molecule has 0 saturated heterocycles. The second kappa shape index (κ2) is 4.87. The highest BCUT2D eigenvalue weighted by molar-refractivity contribution is 7.17. The second-order valence-electron chi connectivity index (χ2n) is 4.24. The average Bonchev–Trinajstić information content (AvgIpc) is 2.93. The van der Waals surface area contributed by atoms with Gasteiger partial charge in [-0.3, -0.25) is 9.36 Å². The smallest absolute Gasteiger partial charge is 0.271 e. The monoisotopic (exact) mass is 285 g/mol. The number of thiophene rings is 1. The predicted octanol–water partition coefficient (Wildman–Crippen LogP) is 2.52. The summed E-state index contributed by atoms with van der Waals surface area (Å²) < 4.78 is 15.3. The van der Waals surface area contributed by atoms with Gasteiger partial charge in [0.25, 0.3) is 5.56 Å². The van der Waals surface area contributed by atoms with Gasteiger partial charge in [-0.2, -0.15) is 5.26 Å². The van der Waals surface area contributed by atoms with E-state index in [2.05, 4.69) is 4.98 Å². The molecule has 3 rings (SSSR count). The average molecular weight is 285 g/mol. The molecule has 0 amide bonds. The molecule has 20 heavy (non-hydrogen) atoms. The Morgan fingerprint density at radius 2 is 2.25 bits per heavy atom. The van der Waals surface area contributed by atoms with Crippen LogP contribution < -0.4 is 5.56 Å². The van der Waals surface area contributed by atoms with Crippen molar-refractivity contribution in [2.24, 2.45) is 0 Å². The molecule has 4 nitrogen and oxygen atoms in total. The number of rotatable bonds is 2. The Bertz CT molecular complexity index is 891. The quantitative estimate of drug-likeness (QED) is 0.727. The van der Waals surface area contributed by atoms with Crippen LogP contribution in [0, 0.1) is 17.1 Å². The lowest BCUT2D eigenvalue weighted by atomic mass is 10.1. The molecular formula is C14H8FN3OS. The number of hydrogen-bond donors (Lipinski definition) is 0. The van der Waals surface area contributed by atoms with E-state index in [-0.39, 0.29) is 17.7 Å². The van der Waals surface area contributed by atoms with Crippen molar-refractivity contribution in [3.05, 3.63) is 63.3 Å². The SMILES string of the molecule is N#Cc1cc(Cn2cnc3ccsc3c2=O)ccc1F. The molecule has 2 heterocycles. The van der Waals surface area contributed by atoms with Crippen molar-refractivity contribution < 1.29 is 4.39 Å². The minimum absolute atomic E-state index is 0.0271. The lowest BCUT2D eigenvalue weighted by molar-refractivity contribution is 0.622. The molecule has 0 N–H and O–H groups in total. The van der Waals surface area contributed by atoms with Gasteiger partial charge in [0.2, 0.25) is 0 Å². The molecule has 0 aliphatic rings. The summed E-state index contributed by atoms with van der Waals surface area (Å²) in [4.78, 5) is 16.4. The normalized spacial score (nSPS) is 10.6. The van der Waals surface area contributed by atoms with Crippen LogP contribution in [-0.2, 0) is 6.54 Å². The molecule has 98 valence electrons. The highest BCUT2D eigenvalue weighted by Crippen LogP contribution is 2.14. The molecule has 0 unspecified atom stereocenters. The van der Waals surface area contributed by atoms with Gasteiger partial charge in [-0.25, -0.2) is 9.37 Å². The minimum atomic E-state index is -0.560. The molecule has 3 aromatic rings. The number of halogens is 1. The van der Waals surface area contributed by atoms with Crippen LogP contribution in [0.3, 0.4) is 0 Å². The molecule has 0 radical (unpaired) electrons. The van der Waals surface area contributed by atoms with Gasteiger partial charge in [-0.05, 0) is 29.1 Å². The first-order chi connectivity index (χ1) is 9.69. The molecule has 2 aromatic heterocycles. The van der Waals surface area contributed by atoms with Crippen LogP contribution in [0.25, 0.3) is 10.2 Å². The maximum absolute atomic E-state index is 13.3. The molecule has 0 spiro atoms. The lowest BCUT2D eigenvalue weighted by Gasteiger charge is -2.06. The summed E-state index contributed by atoms with van der Waals surface area (Å²) in [7, 11) is 0. The van der Waals surface area contributed by atoms with Crippen molar-refractivity contribution in [2.75, 3.05) is 0 Å². The summed E-state index contributed by atoms with van der Waals surface area (Å²) in [6.45, 7) is 0.259. The van der Waals surface area contributed by atoms with E-state index in [1.807, 2.05) is 5.38 Å². The van der Waals surface area contributed by atoms with Crippen molar-refractivity contribution in [2.45, 2.75) is 6.54 Å². The van der Waals surface area contributed by atoms with Crippen molar-refractivity contribution in [1.29, 1.82) is 5.26 Å². The first kappa shape index (κ1) is 12.5. The minimum Gasteiger partial charge on any atom is -0.294 e. The summed E-state index contributed by atoms with van der Waals surface area (Å²) in [5, 5.41) is 10.6. The highest BCUT2D eigenvalue weighted by Gasteiger charge is 2.07. The van der Waals surface area contributed by atoms with Crippen molar-refractivity contribution >= 4 is 21.6 Å². The van der Waals surface area contributed by atoms with Crippen LogP contribution in [0.4, 0.5) is 4.39 Å². The van der Waals surface area contributed by atoms with Gasteiger partial charge in [-0.15, -0.1) is 11.3 Å². The standard InChI is InChI=1S/C14H8FN3OS/c15-11-2-1-9(5-10(11)6-16)7-18-8-17-12-3-4-20-13(12)14(18)19/h1-5,8H,7H2. The third-order valence-corrected chi connectivity index (χ3v) is 3.83. The van der Waals surface area contributed by atoms with E-state index in [1.54, 1.807) is 18.2 Å². The van der Waals surface area contributed by atoms with E-state index in [0.29, 0.717) is 15.8 Å². The second-order valence-corrected chi connectivity index (χ2v) is 5.15. The van der Waals surface area contributed by atoms with Gasteiger partial charge in [0.15, 0.2) is 0 Å². The summed E-state index contributed by atoms with van der Waals surface area (Å²) in [5.41, 5.74) is 1.20. The summed E-state index contributed by atoms with van der Waals surface area (Å²) in [5.74, 6) is -0.560. The van der Waals surface area contributed by atoms with Crippen LogP contribution >= 0.6 is 11.3 Å². The molecule has 6 heteroatoms. The third-order valence-electron chi connectivity index (χ3n) is 2.94. The molecular weight excluding hydrogens is 277 g/mol. The zero-order chi connectivity index (χ0) is 14.1. The maximum Gasteiger partial charge on any atom is 0.271 e. The third kappa shape index (κ3) is 2.08. The van der Waals surface area contributed by atoms with Gasteiger partial charge < -0.3 is 0 Å². The number of nitriles is 1. The number of nitrogens with zero attached hydrogens (tertiary/aromatic N) is 3. The number of benzene rings is 1. The van der Waals surface area contributed by atoms with E-state index < -0.39 is 5.82 Å². The van der Waals surface area contributed by atoms with E-state index in [9.17, 15) is 9.18 Å². The Morgan fingerprint density at radius 1 is 1.40 bits per heavy atom. The lowest BCUT2D eigenvalue weighted by Crippen LogP contribution is -2.20. The number of hydrogen-bond acceptors (Lipinski definition) is 4. The van der Waals surface area contributed by atoms with Crippen LogP contribution in [0.2, 0.25) is 0 Å². The summed E-state index contributed by atoms with van der Waals surface area (Å²) in [6.07, 6.45) is 1.47. The summed E-state index contributed by atoms with van der Waals surface area (Å²) >= 11 is 1.34. The highest BCUT2D eigenvalue weighted by atomic mass is 32.1. The van der Waals surface area contributed by atoms with Crippen LogP contribution in [0.5, 0.6) is 0 Å². The molecule has 0 saturated carbocycles. The van der Waals surface area contributed by atoms with E-state index >= 15 is 0 Å². The fourth-order valence-electron chi connectivity index (χ4n) is 1.94. The predicted molar refractivity (Wildman–Crippen MR) is 74.1 cm³/mol. The fourth-order valence-corrected chi connectivity index (χ4v) is 2.74. The molecule has 0 aliphatic heterocycles. The van der Waals surface area contributed by atoms with Crippen molar-refractivity contribution in [3.63, 3.8) is 0 Å². The van der Waals surface area contributed by atoms with Crippen molar-refractivity contribution in [1.82, 2.24) is 9.55 Å².